The van der Waals surface area contributed by atoms with E-state index in [2.05, 4.69) is 21.2 Å². The molecule has 0 spiro atoms. The normalized spacial score (nSPS) is 12.5. The van der Waals surface area contributed by atoms with Gasteiger partial charge in [0.1, 0.15) is 5.75 Å². The lowest BCUT2D eigenvalue weighted by atomic mass is 10.2. The van der Waals surface area contributed by atoms with Gasteiger partial charge in [-0.1, -0.05) is 6.07 Å². The molecule has 1 rings (SSSR count). The Hall–Kier alpha value is -0.620. The third-order valence-electron chi connectivity index (χ3n) is 2.19. The zero-order chi connectivity index (χ0) is 12.0. The second kappa shape index (κ2) is 6.85. The number of nitrogens with two attached hydrogens (primary N) is 1. The predicted octanol–water partition coefficient (Wildman–Crippen LogP) is 0.867. The fourth-order valence-electron chi connectivity index (χ4n) is 1.29. The SMILES string of the molecule is COc1ccc(CNCC(N)CO)cc1Br. The molecule has 5 heteroatoms. The molecule has 0 amide bonds. The van der Waals surface area contributed by atoms with Crippen molar-refractivity contribution < 1.29 is 9.84 Å². The van der Waals surface area contributed by atoms with Crippen molar-refractivity contribution in [3.05, 3.63) is 28.2 Å². The Labute approximate surface area is 104 Å². The highest BCUT2D eigenvalue weighted by Gasteiger charge is 2.02. The summed E-state index contributed by atoms with van der Waals surface area (Å²) in [6.07, 6.45) is 0. The van der Waals surface area contributed by atoms with Crippen LogP contribution in [0.25, 0.3) is 0 Å². The summed E-state index contributed by atoms with van der Waals surface area (Å²) in [7, 11) is 1.64. The standard InChI is InChI=1S/C11H17BrN2O2/c1-16-11-3-2-8(4-10(11)12)5-14-6-9(13)7-15/h2-4,9,14-15H,5-7,13H2,1H3. The van der Waals surface area contributed by atoms with E-state index in [-0.39, 0.29) is 12.6 Å². The molecule has 0 aliphatic carbocycles. The predicted molar refractivity (Wildman–Crippen MR) is 67.5 cm³/mol. The minimum absolute atomic E-state index is 0.000688. The van der Waals surface area contributed by atoms with E-state index >= 15 is 0 Å². The van der Waals surface area contributed by atoms with Gasteiger partial charge in [-0.2, -0.15) is 0 Å². The van der Waals surface area contributed by atoms with Crippen LogP contribution in [-0.2, 0) is 6.54 Å². The first-order chi connectivity index (χ1) is 7.67. The number of methoxy groups -OCH3 is 1. The number of nitrogens with one attached hydrogen (secondary N) is 1. The summed E-state index contributed by atoms with van der Waals surface area (Å²) >= 11 is 3.42. The minimum Gasteiger partial charge on any atom is -0.496 e. The van der Waals surface area contributed by atoms with E-state index in [0.29, 0.717) is 6.54 Å². The summed E-state index contributed by atoms with van der Waals surface area (Å²) in [6, 6.07) is 5.69. The van der Waals surface area contributed by atoms with Gasteiger partial charge >= 0.3 is 0 Å². The van der Waals surface area contributed by atoms with Crippen LogP contribution >= 0.6 is 15.9 Å². The topological polar surface area (TPSA) is 67.5 Å². The summed E-state index contributed by atoms with van der Waals surface area (Å²) in [6.45, 7) is 1.32. The highest BCUT2D eigenvalue weighted by Crippen LogP contribution is 2.25. The molecule has 0 bridgehead atoms. The summed E-state index contributed by atoms with van der Waals surface area (Å²) in [5.74, 6) is 0.816. The Balaban J connectivity index is 2.46. The molecule has 0 heterocycles. The highest BCUT2D eigenvalue weighted by atomic mass is 79.9. The summed E-state index contributed by atoms with van der Waals surface area (Å²) in [4.78, 5) is 0. The lowest BCUT2D eigenvalue weighted by Crippen LogP contribution is -2.36. The molecule has 0 aliphatic heterocycles. The second-order valence-corrected chi connectivity index (χ2v) is 4.40. The first kappa shape index (κ1) is 13.4. The van der Waals surface area contributed by atoms with Crippen molar-refractivity contribution in [1.82, 2.24) is 5.32 Å². The maximum absolute atomic E-state index is 8.76. The van der Waals surface area contributed by atoms with Gasteiger partial charge in [-0.05, 0) is 33.6 Å². The quantitative estimate of drug-likeness (QED) is 0.727. The van der Waals surface area contributed by atoms with Gasteiger partial charge in [-0.25, -0.2) is 0 Å². The summed E-state index contributed by atoms with van der Waals surface area (Å²) < 4.78 is 6.07. The van der Waals surface area contributed by atoms with Crippen molar-refractivity contribution in [2.24, 2.45) is 5.73 Å². The fraction of sp³-hybridized carbons (Fsp3) is 0.455. The van der Waals surface area contributed by atoms with Crippen molar-refractivity contribution >= 4 is 15.9 Å². The van der Waals surface area contributed by atoms with Gasteiger partial charge in [0.2, 0.25) is 0 Å². The Morgan fingerprint density at radius 1 is 1.56 bits per heavy atom. The van der Waals surface area contributed by atoms with Gasteiger partial charge in [0, 0.05) is 19.1 Å². The number of hydrogen-bond donors (Lipinski definition) is 3. The highest BCUT2D eigenvalue weighted by molar-refractivity contribution is 9.10. The molecule has 1 unspecified atom stereocenters. The van der Waals surface area contributed by atoms with Crippen molar-refractivity contribution in [1.29, 1.82) is 0 Å². The molecule has 1 aromatic carbocycles. The summed E-state index contributed by atoms with van der Waals surface area (Å²) in [5.41, 5.74) is 6.71. The lowest BCUT2D eigenvalue weighted by Gasteiger charge is -2.10. The monoisotopic (exact) mass is 288 g/mol. The fourth-order valence-corrected chi connectivity index (χ4v) is 1.87. The Kier molecular flexibility index (Phi) is 5.76. The van der Waals surface area contributed by atoms with Gasteiger partial charge in [0.05, 0.1) is 18.2 Å². The second-order valence-electron chi connectivity index (χ2n) is 3.54. The average Bonchev–Trinajstić information content (AvgIpc) is 2.29. The van der Waals surface area contributed by atoms with E-state index in [0.717, 1.165) is 22.3 Å². The molecule has 0 radical (unpaired) electrons. The van der Waals surface area contributed by atoms with Crippen LogP contribution in [0, 0.1) is 0 Å². The number of halogens is 1. The van der Waals surface area contributed by atoms with Gasteiger partial charge in [0.15, 0.2) is 0 Å². The molecule has 1 atom stereocenters. The summed E-state index contributed by atoms with van der Waals surface area (Å²) in [5, 5.41) is 11.9. The van der Waals surface area contributed by atoms with Gasteiger partial charge in [-0.15, -0.1) is 0 Å². The van der Waals surface area contributed by atoms with Gasteiger partial charge in [-0.3, -0.25) is 0 Å². The third-order valence-corrected chi connectivity index (χ3v) is 2.81. The van der Waals surface area contributed by atoms with Crippen LogP contribution in [0.4, 0.5) is 0 Å². The van der Waals surface area contributed by atoms with E-state index in [1.165, 1.54) is 0 Å². The van der Waals surface area contributed by atoms with E-state index in [1.54, 1.807) is 7.11 Å². The van der Waals surface area contributed by atoms with Crippen LogP contribution in [-0.4, -0.2) is 31.4 Å². The smallest absolute Gasteiger partial charge is 0.133 e. The minimum atomic E-state index is -0.207. The van der Waals surface area contributed by atoms with Crippen molar-refractivity contribution in [3.63, 3.8) is 0 Å². The molecule has 0 saturated carbocycles. The number of hydrogen-bond acceptors (Lipinski definition) is 4. The van der Waals surface area contributed by atoms with Crippen LogP contribution in [0.3, 0.4) is 0 Å². The van der Waals surface area contributed by atoms with Crippen LogP contribution in [0.5, 0.6) is 5.75 Å². The van der Waals surface area contributed by atoms with E-state index in [4.69, 9.17) is 15.6 Å². The van der Waals surface area contributed by atoms with Crippen LogP contribution in [0.15, 0.2) is 22.7 Å². The Morgan fingerprint density at radius 2 is 2.31 bits per heavy atom. The van der Waals surface area contributed by atoms with Crippen molar-refractivity contribution in [2.45, 2.75) is 12.6 Å². The average molecular weight is 289 g/mol. The van der Waals surface area contributed by atoms with Gasteiger partial charge < -0.3 is 20.9 Å². The maximum atomic E-state index is 8.76. The first-order valence-electron chi connectivity index (χ1n) is 5.07. The van der Waals surface area contributed by atoms with Crippen molar-refractivity contribution in [2.75, 3.05) is 20.3 Å². The molecule has 0 aliphatic rings. The molecule has 0 aromatic heterocycles. The molecule has 0 saturated heterocycles. The maximum Gasteiger partial charge on any atom is 0.133 e. The molecule has 16 heavy (non-hydrogen) atoms. The van der Waals surface area contributed by atoms with Crippen molar-refractivity contribution in [3.8, 4) is 5.75 Å². The number of aliphatic hydroxyl groups excluding tert-OH is 1. The Morgan fingerprint density at radius 3 is 2.88 bits per heavy atom. The Bertz CT molecular complexity index is 334. The largest absolute Gasteiger partial charge is 0.496 e. The number of rotatable bonds is 6. The zero-order valence-electron chi connectivity index (χ0n) is 9.24. The van der Waals surface area contributed by atoms with Crippen LogP contribution < -0.4 is 15.8 Å². The van der Waals surface area contributed by atoms with E-state index < -0.39 is 0 Å². The first-order valence-corrected chi connectivity index (χ1v) is 5.86. The van der Waals surface area contributed by atoms with E-state index in [9.17, 15) is 0 Å². The molecule has 4 nitrogen and oxygen atoms in total. The number of ether oxygens (including phenoxy) is 1. The van der Waals surface area contributed by atoms with Crippen LogP contribution in [0.1, 0.15) is 5.56 Å². The number of benzene rings is 1. The lowest BCUT2D eigenvalue weighted by molar-refractivity contribution is 0.262. The molecular weight excluding hydrogens is 272 g/mol. The van der Waals surface area contributed by atoms with Gasteiger partial charge in [0.25, 0.3) is 0 Å². The number of aliphatic hydroxyl groups is 1. The third kappa shape index (κ3) is 4.09. The van der Waals surface area contributed by atoms with E-state index in [1.807, 2.05) is 18.2 Å². The molecule has 0 fully saturated rings. The van der Waals surface area contributed by atoms with Crippen LogP contribution in [0.2, 0.25) is 0 Å². The zero-order valence-corrected chi connectivity index (χ0v) is 10.8. The molecule has 90 valence electrons. The molecular formula is C11H17BrN2O2. The molecule has 1 aromatic rings. The molecule has 4 N–H and O–H groups in total.